The smallest absolute Gasteiger partial charge is 0.336 e. The lowest BCUT2D eigenvalue weighted by Gasteiger charge is -2.07. The van der Waals surface area contributed by atoms with Crippen molar-refractivity contribution in [3.8, 4) is 0 Å². The van der Waals surface area contributed by atoms with Crippen molar-refractivity contribution in [1.29, 1.82) is 0 Å². The third-order valence-electron chi connectivity index (χ3n) is 1.77. The highest BCUT2D eigenvalue weighted by Crippen LogP contribution is 2.24. The second kappa shape index (κ2) is 4.65. The lowest BCUT2D eigenvalue weighted by atomic mass is 10.0. The minimum Gasteiger partial charge on any atom is -0.478 e. The molecule has 0 aromatic heterocycles. The molecule has 0 saturated carbocycles. The molecule has 0 amide bonds. The molecule has 0 atom stereocenters. The van der Waals surface area contributed by atoms with E-state index in [1.807, 2.05) is 0 Å². The van der Waals surface area contributed by atoms with E-state index in [2.05, 4.69) is 15.9 Å². The summed E-state index contributed by atoms with van der Waals surface area (Å²) in [6.45, 7) is 0. The molecule has 0 unspecified atom stereocenters. The van der Waals surface area contributed by atoms with Crippen LogP contribution in [0.1, 0.15) is 20.7 Å². The Labute approximate surface area is 96.0 Å². The lowest BCUT2D eigenvalue weighted by molar-refractivity contribution is 0.0644. The first-order chi connectivity index (χ1) is 7.36. The molecule has 0 aliphatic heterocycles. The summed E-state index contributed by atoms with van der Waals surface area (Å²) in [4.78, 5) is 21.6. The number of carbonyl (C=O) groups excluding carboxylic acids is 1. The predicted octanol–water partition coefficient (Wildman–Crippen LogP) is 2.73. The van der Waals surface area contributed by atoms with Crippen molar-refractivity contribution in [3.63, 3.8) is 0 Å². The van der Waals surface area contributed by atoms with Crippen LogP contribution in [-0.2, 0) is 0 Å². The van der Waals surface area contributed by atoms with Crippen molar-refractivity contribution in [3.05, 3.63) is 33.5 Å². The van der Waals surface area contributed by atoms with Gasteiger partial charge in [-0.1, -0.05) is 0 Å². The van der Waals surface area contributed by atoms with Crippen LogP contribution in [0.25, 0.3) is 0 Å². The van der Waals surface area contributed by atoms with Crippen LogP contribution >= 0.6 is 15.9 Å². The summed E-state index contributed by atoms with van der Waals surface area (Å²) in [6, 6.07) is 1.91. The molecule has 0 aliphatic rings. The maximum absolute atomic E-state index is 13.4. The fourth-order valence-electron chi connectivity index (χ4n) is 1.08. The van der Waals surface area contributed by atoms with Gasteiger partial charge < -0.3 is 5.11 Å². The van der Waals surface area contributed by atoms with E-state index in [1.54, 1.807) is 0 Å². The summed E-state index contributed by atoms with van der Waals surface area (Å²) in [7, 11) is 0. The Morgan fingerprint density at radius 1 is 1.31 bits per heavy atom. The second-order valence-corrected chi connectivity index (χ2v) is 3.61. The van der Waals surface area contributed by atoms with E-state index < -0.39 is 35.1 Å². The number of rotatable bonds is 3. The van der Waals surface area contributed by atoms with Gasteiger partial charge in [0.2, 0.25) is 5.78 Å². The molecule has 1 rings (SSSR count). The number of alkyl halides is 2. The fraction of sp³-hybridized carbons (Fsp3) is 0.111. The van der Waals surface area contributed by atoms with Crippen LogP contribution in [-0.4, -0.2) is 23.3 Å². The van der Waals surface area contributed by atoms with Crippen LogP contribution in [0, 0.1) is 5.82 Å². The van der Waals surface area contributed by atoms with E-state index >= 15 is 0 Å². The van der Waals surface area contributed by atoms with Gasteiger partial charge in [-0.3, -0.25) is 4.79 Å². The Hall–Kier alpha value is -1.37. The second-order valence-electron chi connectivity index (χ2n) is 2.75. The maximum Gasteiger partial charge on any atom is 0.336 e. The van der Waals surface area contributed by atoms with Crippen molar-refractivity contribution < 1.29 is 27.9 Å². The Morgan fingerprint density at radius 2 is 1.88 bits per heavy atom. The zero-order valence-electron chi connectivity index (χ0n) is 7.51. The number of hydrogen-bond acceptors (Lipinski definition) is 2. The molecule has 0 bridgehead atoms. The molecule has 86 valence electrons. The van der Waals surface area contributed by atoms with Gasteiger partial charge in [0.25, 0.3) is 0 Å². The fourth-order valence-corrected chi connectivity index (χ4v) is 1.41. The van der Waals surface area contributed by atoms with Crippen molar-refractivity contribution in [2.75, 3.05) is 0 Å². The molecule has 0 saturated heterocycles. The zero-order valence-corrected chi connectivity index (χ0v) is 9.09. The highest BCUT2D eigenvalue weighted by atomic mass is 79.9. The normalized spacial score (nSPS) is 10.6. The molecule has 7 heteroatoms. The van der Waals surface area contributed by atoms with E-state index in [-0.39, 0.29) is 4.47 Å². The number of ketones is 1. The maximum atomic E-state index is 13.4. The number of Topliss-reactive ketones (excluding diaryl/α,β-unsaturated/α-hetero) is 1. The van der Waals surface area contributed by atoms with Crippen LogP contribution in [0.2, 0.25) is 0 Å². The first kappa shape index (κ1) is 12.7. The molecule has 1 aromatic rings. The Kier molecular flexibility index (Phi) is 3.69. The number of carboxylic acid groups (broad SMARTS) is 1. The van der Waals surface area contributed by atoms with Gasteiger partial charge in [-0.25, -0.2) is 18.0 Å². The molecule has 0 spiro atoms. The van der Waals surface area contributed by atoms with Gasteiger partial charge in [-0.2, -0.15) is 0 Å². The third-order valence-corrected chi connectivity index (χ3v) is 2.38. The number of halogens is 4. The predicted molar refractivity (Wildman–Crippen MR) is 51.4 cm³/mol. The molecule has 0 heterocycles. The van der Waals surface area contributed by atoms with Gasteiger partial charge in [0.1, 0.15) is 5.82 Å². The summed E-state index contributed by atoms with van der Waals surface area (Å²) < 4.78 is 37.4. The van der Waals surface area contributed by atoms with Crippen molar-refractivity contribution >= 4 is 27.7 Å². The molecule has 1 aromatic carbocycles. The van der Waals surface area contributed by atoms with Crippen LogP contribution < -0.4 is 0 Å². The van der Waals surface area contributed by atoms with Crippen molar-refractivity contribution in [2.24, 2.45) is 0 Å². The van der Waals surface area contributed by atoms with Gasteiger partial charge in [0.15, 0.2) is 0 Å². The van der Waals surface area contributed by atoms with Crippen LogP contribution in [0.5, 0.6) is 0 Å². The highest BCUT2D eigenvalue weighted by Gasteiger charge is 2.28. The Bertz CT molecular complexity index is 460. The average molecular weight is 297 g/mol. The molecular formula is C9H4BrF3O3. The minimum absolute atomic E-state index is 0.249. The number of aromatic carboxylic acids is 1. The van der Waals surface area contributed by atoms with Crippen LogP contribution in [0.3, 0.4) is 0 Å². The first-order valence-corrected chi connectivity index (χ1v) is 4.69. The summed E-state index contributed by atoms with van der Waals surface area (Å²) in [5.74, 6) is -4.79. The molecular weight excluding hydrogens is 293 g/mol. The average Bonchev–Trinajstić information content (AvgIpc) is 2.20. The van der Waals surface area contributed by atoms with Crippen molar-refractivity contribution in [2.45, 2.75) is 6.43 Å². The van der Waals surface area contributed by atoms with E-state index in [0.29, 0.717) is 0 Å². The standard InChI is InChI=1S/C9H4BrF3O3/c10-4-2-1-3(9(15)16)5(6(4)11)7(14)8(12)13/h1-2,8H,(H,15,16). The number of carboxylic acids is 1. The lowest BCUT2D eigenvalue weighted by Crippen LogP contribution is -2.17. The highest BCUT2D eigenvalue weighted by molar-refractivity contribution is 9.10. The minimum atomic E-state index is -3.46. The van der Waals surface area contributed by atoms with Crippen LogP contribution in [0.4, 0.5) is 13.2 Å². The summed E-state index contributed by atoms with van der Waals surface area (Å²) >= 11 is 2.68. The van der Waals surface area contributed by atoms with E-state index in [9.17, 15) is 22.8 Å². The van der Waals surface area contributed by atoms with Gasteiger partial charge in [0, 0.05) is 0 Å². The molecule has 3 nitrogen and oxygen atoms in total. The van der Waals surface area contributed by atoms with E-state index in [0.717, 1.165) is 12.1 Å². The van der Waals surface area contributed by atoms with Crippen molar-refractivity contribution in [1.82, 2.24) is 0 Å². The van der Waals surface area contributed by atoms with Gasteiger partial charge >= 0.3 is 12.4 Å². The molecule has 0 aliphatic carbocycles. The molecule has 0 radical (unpaired) electrons. The number of carbonyl (C=O) groups is 2. The Balaban J connectivity index is 3.49. The molecule has 1 N–H and O–H groups in total. The van der Waals surface area contributed by atoms with E-state index in [1.165, 1.54) is 0 Å². The number of benzene rings is 1. The van der Waals surface area contributed by atoms with Gasteiger partial charge in [0.05, 0.1) is 15.6 Å². The third kappa shape index (κ3) is 2.24. The van der Waals surface area contributed by atoms with E-state index in [4.69, 9.17) is 5.11 Å². The Morgan fingerprint density at radius 3 is 2.31 bits per heavy atom. The van der Waals surface area contributed by atoms with Gasteiger partial charge in [-0.15, -0.1) is 0 Å². The zero-order chi connectivity index (χ0) is 12.5. The first-order valence-electron chi connectivity index (χ1n) is 3.90. The largest absolute Gasteiger partial charge is 0.478 e. The number of hydrogen-bond donors (Lipinski definition) is 1. The van der Waals surface area contributed by atoms with Gasteiger partial charge in [-0.05, 0) is 28.1 Å². The summed E-state index contributed by atoms with van der Waals surface area (Å²) in [5, 5.41) is 8.63. The SMILES string of the molecule is O=C(O)c1ccc(Br)c(F)c1C(=O)C(F)F. The summed E-state index contributed by atoms with van der Waals surface area (Å²) in [5.41, 5.74) is -1.90. The monoisotopic (exact) mass is 296 g/mol. The molecule has 16 heavy (non-hydrogen) atoms. The summed E-state index contributed by atoms with van der Waals surface area (Å²) in [6.07, 6.45) is -3.46. The topological polar surface area (TPSA) is 54.4 Å². The molecule has 0 fully saturated rings. The van der Waals surface area contributed by atoms with Crippen LogP contribution in [0.15, 0.2) is 16.6 Å². The quantitative estimate of drug-likeness (QED) is 0.873.